The predicted octanol–water partition coefficient (Wildman–Crippen LogP) is 5.56. The van der Waals surface area contributed by atoms with Crippen LogP contribution in [0.1, 0.15) is 16.7 Å². The highest BCUT2D eigenvalue weighted by Gasteiger charge is 2.32. The quantitative estimate of drug-likeness (QED) is 0.397. The van der Waals surface area contributed by atoms with Gasteiger partial charge in [0.2, 0.25) is 11.6 Å². The summed E-state index contributed by atoms with van der Waals surface area (Å²) in [6.07, 6.45) is -2.99. The second-order valence-electron chi connectivity index (χ2n) is 6.28. The zero-order chi connectivity index (χ0) is 22.1. The minimum atomic E-state index is -4.63. The van der Waals surface area contributed by atoms with Crippen LogP contribution in [-0.4, -0.2) is 19.9 Å². The Morgan fingerprint density at radius 2 is 1.67 bits per heavy atom. The first-order valence-electron chi connectivity index (χ1n) is 8.39. The van der Waals surface area contributed by atoms with Crippen LogP contribution in [0.2, 0.25) is 5.02 Å². The third-order valence-electron chi connectivity index (χ3n) is 4.18. The first kappa shape index (κ1) is 21.2. The van der Waals surface area contributed by atoms with Crippen molar-refractivity contribution in [1.29, 1.82) is 0 Å². The Balaban J connectivity index is 1.97. The fraction of sp³-hybridized carbons (Fsp3) is 0.167. The van der Waals surface area contributed by atoms with Crippen molar-refractivity contribution in [2.75, 3.05) is 10.6 Å². The van der Waals surface area contributed by atoms with Crippen LogP contribution in [0.5, 0.6) is 0 Å². The molecule has 8 nitrogen and oxygen atoms in total. The highest BCUT2D eigenvalue weighted by Crippen LogP contribution is 2.36. The monoisotopic (exact) mass is 438 g/mol. The summed E-state index contributed by atoms with van der Waals surface area (Å²) in [6, 6.07) is 6.03. The lowest BCUT2D eigenvalue weighted by Gasteiger charge is -2.12. The van der Waals surface area contributed by atoms with Gasteiger partial charge in [0, 0.05) is 11.9 Å². The van der Waals surface area contributed by atoms with Crippen LogP contribution in [-0.2, 0) is 6.18 Å². The number of aromatic nitrogens is 3. The van der Waals surface area contributed by atoms with Crippen molar-refractivity contribution in [2.24, 2.45) is 0 Å². The Bertz CT molecular complexity index is 1120. The van der Waals surface area contributed by atoms with Crippen LogP contribution in [0, 0.1) is 24.0 Å². The van der Waals surface area contributed by atoms with E-state index >= 15 is 0 Å². The zero-order valence-corrected chi connectivity index (χ0v) is 16.3. The third-order valence-corrected chi connectivity index (χ3v) is 4.47. The minimum Gasteiger partial charge on any atom is -0.334 e. The number of nitrogens with one attached hydrogen (secondary N) is 2. The van der Waals surface area contributed by atoms with Gasteiger partial charge in [0.15, 0.2) is 5.82 Å². The average Bonchev–Trinajstić information content (AvgIpc) is 2.65. The summed E-state index contributed by atoms with van der Waals surface area (Å²) < 4.78 is 38.3. The van der Waals surface area contributed by atoms with E-state index in [4.69, 9.17) is 11.6 Å². The molecule has 0 radical (unpaired) electrons. The molecule has 0 aliphatic carbocycles. The number of nitrogens with zero attached hydrogens (tertiary/aromatic N) is 4. The fourth-order valence-electron chi connectivity index (χ4n) is 2.49. The lowest BCUT2D eigenvalue weighted by atomic mass is 10.1. The molecule has 0 amide bonds. The van der Waals surface area contributed by atoms with Crippen molar-refractivity contribution in [3.63, 3.8) is 0 Å². The Labute approximate surface area is 173 Å². The van der Waals surface area contributed by atoms with Crippen LogP contribution in [0.15, 0.2) is 36.8 Å². The molecule has 0 spiro atoms. The van der Waals surface area contributed by atoms with Gasteiger partial charge >= 0.3 is 11.9 Å². The normalized spacial score (nSPS) is 11.3. The number of pyridine rings is 1. The summed E-state index contributed by atoms with van der Waals surface area (Å²) in [5.41, 5.74) is 1.01. The van der Waals surface area contributed by atoms with Gasteiger partial charge in [-0.2, -0.15) is 13.2 Å². The highest BCUT2D eigenvalue weighted by molar-refractivity contribution is 6.33. The van der Waals surface area contributed by atoms with Gasteiger partial charge in [-0.25, -0.2) is 15.0 Å². The molecule has 3 aromatic rings. The van der Waals surface area contributed by atoms with Crippen molar-refractivity contribution in [3.8, 4) is 0 Å². The lowest BCUT2D eigenvalue weighted by molar-refractivity contribution is -0.383. The first-order valence-corrected chi connectivity index (χ1v) is 8.77. The molecule has 2 N–H and O–H groups in total. The number of hydrogen-bond acceptors (Lipinski definition) is 7. The van der Waals surface area contributed by atoms with E-state index in [0.29, 0.717) is 18.0 Å². The molecular weight excluding hydrogens is 425 g/mol. The largest absolute Gasteiger partial charge is 0.417 e. The molecule has 0 aliphatic heterocycles. The summed E-state index contributed by atoms with van der Waals surface area (Å²) in [5.74, 6) is -0.608. The molecule has 30 heavy (non-hydrogen) atoms. The Morgan fingerprint density at radius 1 is 1.00 bits per heavy atom. The summed E-state index contributed by atoms with van der Waals surface area (Å²) in [7, 11) is 0. The molecule has 1 aromatic carbocycles. The van der Waals surface area contributed by atoms with Crippen molar-refractivity contribution >= 4 is 40.4 Å². The topological polar surface area (TPSA) is 106 Å². The van der Waals surface area contributed by atoms with E-state index in [-0.39, 0.29) is 22.5 Å². The third kappa shape index (κ3) is 4.57. The van der Waals surface area contributed by atoms with E-state index in [9.17, 15) is 23.3 Å². The number of nitro groups is 1. The van der Waals surface area contributed by atoms with Crippen LogP contribution >= 0.6 is 11.6 Å². The van der Waals surface area contributed by atoms with Crippen LogP contribution in [0.3, 0.4) is 0 Å². The SMILES string of the molecule is Cc1ccc(Nc2ncnc(Nc3ncc(C(F)(F)F)cc3Cl)c2[N+](=O)[O-])cc1C. The van der Waals surface area contributed by atoms with Gasteiger partial charge < -0.3 is 10.6 Å². The van der Waals surface area contributed by atoms with Crippen molar-refractivity contribution in [1.82, 2.24) is 15.0 Å². The molecule has 0 unspecified atom stereocenters. The van der Waals surface area contributed by atoms with E-state index in [1.165, 1.54) is 0 Å². The number of alkyl halides is 3. The van der Waals surface area contributed by atoms with Crippen molar-refractivity contribution < 1.29 is 18.1 Å². The maximum absolute atomic E-state index is 12.8. The van der Waals surface area contributed by atoms with Gasteiger partial charge in [-0.15, -0.1) is 0 Å². The number of halogens is 4. The Morgan fingerprint density at radius 3 is 2.23 bits per heavy atom. The molecule has 0 fully saturated rings. The van der Waals surface area contributed by atoms with Crippen LogP contribution in [0.4, 0.5) is 42.0 Å². The van der Waals surface area contributed by atoms with E-state index in [2.05, 4.69) is 25.6 Å². The van der Waals surface area contributed by atoms with Gasteiger partial charge in [-0.05, 0) is 43.2 Å². The highest BCUT2D eigenvalue weighted by atomic mass is 35.5. The molecule has 3 rings (SSSR count). The summed E-state index contributed by atoms with van der Waals surface area (Å²) >= 11 is 5.87. The standard InChI is InChI=1S/C18H14ClF3N6O2/c1-9-3-4-12(5-10(9)2)26-16-14(28(29)30)17(25-8-24-16)27-15-13(19)6-11(7-23-15)18(20,21)22/h3-8H,1-2H3,(H2,23,24,25,26,27). The van der Waals surface area contributed by atoms with E-state index in [1.54, 1.807) is 12.1 Å². The number of benzene rings is 1. The van der Waals surface area contributed by atoms with Crippen LogP contribution in [0.25, 0.3) is 0 Å². The van der Waals surface area contributed by atoms with Gasteiger partial charge in [0.25, 0.3) is 0 Å². The zero-order valence-electron chi connectivity index (χ0n) is 15.6. The maximum Gasteiger partial charge on any atom is 0.417 e. The average molecular weight is 439 g/mol. The number of anilines is 4. The summed E-state index contributed by atoms with van der Waals surface area (Å²) in [5, 5.41) is 16.6. The summed E-state index contributed by atoms with van der Waals surface area (Å²) in [6.45, 7) is 3.81. The smallest absolute Gasteiger partial charge is 0.334 e. The van der Waals surface area contributed by atoms with E-state index < -0.39 is 22.4 Å². The van der Waals surface area contributed by atoms with E-state index in [1.807, 2.05) is 19.9 Å². The molecule has 156 valence electrons. The minimum absolute atomic E-state index is 0.108. The molecular formula is C18H14ClF3N6O2. The maximum atomic E-state index is 12.8. The second kappa shape index (κ2) is 8.11. The second-order valence-corrected chi connectivity index (χ2v) is 6.69. The summed E-state index contributed by atoms with van der Waals surface area (Å²) in [4.78, 5) is 22.3. The molecule has 2 heterocycles. The molecule has 0 aliphatic rings. The molecule has 0 bridgehead atoms. The molecule has 0 atom stereocenters. The van der Waals surface area contributed by atoms with Gasteiger partial charge in [-0.1, -0.05) is 17.7 Å². The van der Waals surface area contributed by atoms with Gasteiger partial charge in [0.1, 0.15) is 6.33 Å². The van der Waals surface area contributed by atoms with Crippen molar-refractivity contribution in [2.45, 2.75) is 20.0 Å². The van der Waals surface area contributed by atoms with Crippen molar-refractivity contribution in [3.05, 3.63) is 68.6 Å². The number of hydrogen-bond donors (Lipinski definition) is 2. The Kier molecular flexibility index (Phi) is 5.74. The lowest BCUT2D eigenvalue weighted by Crippen LogP contribution is -2.08. The number of rotatable bonds is 5. The molecule has 2 aromatic heterocycles. The van der Waals surface area contributed by atoms with Crippen LogP contribution < -0.4 is 10.6 Å². The number of aryl methyl sites for hydroxylation is 2. The van der Waals surface area contributed by atoms with E-state index in [0.717, 1.165) is 17.5 Å². The molecule has 0 saturated heterocycles. The Hall–Kier alpha value is -3.47. The molecule has 0 saturated carbocycles. The predicted molar refractivity (Wildman–Crippen MR) is 105 cm³/mol. The first-order chi connectivity index (χ1) is 14.1. The van der Waals surface area contributed by atoms with Gasteiger partial charge in [-0.3, -0.25) is 10.1 Å². The van der Waals surface area contributed by atoms with Gasteiger partial charge in [0.05, 0.1) is 15.5 Å². The fourth-order valence-corrected chi connectivity index (χ4v) is 2.70. The molecule has 12 heteroatoms.